The van der Waals surface area contributed by atoms with Crippen LogP contribution in [0, 0.1) is 5.82 Å². The van der Waals surface area contributed by atoms with Gasteiger partial charge >= 0.3 is 0 Å². The molecule has 0 saturated carbocycles. The highest BCUT2D eigenvalue weighted by atomic mass is 19.1. The minimum atomic E-state index is -0.203. The lowest BCUT2D eigenvalue weighted by atomic mass is 10.0. The van der Waals surface area contributed by atoms with E-state index in [9.17, 15) is 4.39 Å². The third kappa shape index (κ3) is 2.94. The number of aromatic nitrogens is 1. The van der Waals surface area contributed by atoms with Crippen LogP contribution in [-0.4, -0.2) is 67.1 Å². The van der Waals surface area contributed by atoms with E-state index < -0.39 is 0 Å². The maximum absolute atomic E-state index is 13.7. The number of likely N-dealkylation sites (N-methyl/N-ethyl adjacent to an activating group) is 1. The lowest BCUT2D eigenvalue weighted by Crippen LogP contribution is -2.52. The van der Waals surface area contributed by atoms with Crippen molar-refractivity contribution in [1.82, 2.24) is 14.8 Å². The van der Waals surface area contributed by atoms with E-state index in [1.807, 2.05) is 0 Å². The number of hydrogen-bond donors (Lipinski definition) is 0. The average molecular weight is 278 g/mol. The van der Waals surface area contributed by atoms with Gasteiger partial charge in [-0.1, -0.05) is 0 Å². The second-order valence-electron chi connectivity index (χ2n) is 5.87. The molecule has 3 rings (SSSR count). The molecule has 1 aromatic heterocycles. The van der Waals surface area contributed by atoms with Gasteiger partial charge in [0.15, 0.2) is 11.6 Å². The topological polar surface area (TPSA) is 22.6 Å². The summed E-state index contributed by atoms with van der Waals surface area (Å²) in [7, 11) is 2.18. The third-order valence-corrected chi connectivity index (χ3v) is 4.56. The van der Waals surface area contributed by atoms with Gasteiger partial charge in [0.1, 0.15) is 0 Å². The Hall–Kier alpha value is -1.20. The molecular weight excluding hydrogens is 255 g/mol. The molecule has 2 fully saturated rings. The first-order valence-corrected chi connectivity index (χ1v) is 7.52. The SMILES string of the molecule is CN1CCN(C2CCN(c3ncccc3F)CC2)CC1. The molecule has 0 aromatic carbocycles. The van der Waals surface area contributed by atoms with Gasteiger partial charge in [0.25, 0.3) is 0 Å². The molecule has 110 valence electrons. The summed E-state index contributed by atoms with van der Waals surface area (Å²) in [6.07, 6.45) is 3.89. The predicted octanol–water partition coefficient (Wildman–Crippen LogP) is 1.44. The average Bonchev–Trinajstić information content (AvgIpc) is 2.49. The number of piperidine rings is 1. The van der Waals surface area contributed by atoms with Crippen molar-refractivity contribution in [2.24, 2.45) is 0 Å². The van der Waals surface area contributed by atoms with Gasteiger partial charge in [0.2, 0.25) is 0 Å². The normalized spacial score (nSPS) is 23.2. The van der Waals surface area contributed by atoms with Gasteiger partial charge in [0.05, 0.1) is 0 Å². The standard InChI is InChI=1S/C15H23FN4/c1-18-9-11-19(12-10-18)13-4-7-20(8-5-13)15-14(16)3-2-6-17-15/h2-3,6,13H,4-5,7-12H2,1H3. The van der Waals surface area contributed by atoms with Gasteiger partial charge in [-0.15, -0.1) is 0 Å². The van der Waals surface area contributed by atoms with Gasteiger partial charge in [-0.25, -0.2) is 9.37 Å². The van der Waals surface area contributed by atoms with Gasteiger partial charge in [-0.05, 0) is 32.0 Å². The molecule has 1 aromatic rings. The number of rotatable bonds is 2. The van der Waals surface area contributed by atoms with Crippen molar-refractivity contribution < 1.29 is 4.39 Å². The van der Waals surface area contributed by atoms with Crippen LogP contribution in [0.1, 0.15) is 12.8 Å². The van der Waals surface area contributed by atoms with Crippen LogP contribution in [0.15, 0.2) is 18.3 Å². The summed E-state index contributed by atoms with van der Waals surface area (Å²) < 4.78 is 13.7. The molecule has 20 heavy (non-hydrogen) atoms. The minimum Gasteiger partial charge on any atom is -0.354 e. The van der Waals surface area contributed by atoms with E-state index >= 15 is 0 Å². The van der Waals surface area contributed by atoms with E-state index in [0.29, 0.717) is 11.9 Å². The monoisotopic (exact) mass is 278 g/mol. The Morgan fingerprint density at radius 1 is 1.10 bits per heavy atom. The van der Waals surface area contributed by atoms with E-state index in [4.69, 9.17) is 0 Å². The summed E-state index contributed by atoms with van der Waals surface area (Å²) in [5, 5.41) is 0. The Bertz CT molecular complexity index is 437. The molecule has 3 heterocycles. The lowest BCUT2D eigenvalue weighted by Gasteiger charge is -2.42. The summed E-state index contributed by atoms with van der Waals surface area (Å²) in [6.45, 7) is 6.47. The number of anilines is 1. The quantitative estimate of drug-likeness (QED) is 0.816. The first-order valence-electron chi connectivity index (χ1n) is 7.52. The molecule has 0 aliphatic carbocycles. The fourth-order valence-corrected chi connectivity index (χ4v) is 3.24. The van der Waals surface area contributed by atoms with E-state index in [1.54, 1.807) is 12.3 Å². The Labute approximate surface area is 120 Å². The van der Waals surface area contributed by atoms with E-state index in [1.165, 1.54) is 19.2 Å². The maximum atomic E-state index is 13.7. The molecule has 0 amide bonds. The smallest absolute Gasteiger partial charge is 0.165 e. The molecule has 5 heteroatoms. The van der Waals surface area contributed by atoms with Crippen LogP contribution in [0.5, 0.6) is 0 Å². The minimum absolute atomic E-state index is 0.203. The highest BCUT2D eigenvalue weighted by molar-refractivity contribution is 5.40. The van der Waals surface area contributed by atoms with Crippen LogP contribution in [-0.2, 0) is 0 Å². The van der Waals surface area contributed by atoms with Crippen LogP contribution in [0.3, 0.4) is 0 Å². The lowest BCUT2D eigenvalue weighted by molar-refractivity contribution is 0.0980. The molecule has 0 spiro atoms. The van der Waals surface area contributed by atoms with E-state index in [0.717, 1.165) is 39.0 Å². The fraction of sp³-hybridized carbons (Fsp3) is 0.667. The molecule has 2 saturated heterocycles. The second-order valence-corrected chi connectivity index (χ2v) is 5.87. The predicted molar refractivity (Wildman–Crippen MR) is 78.5 cm³/mol. The van der Waals surface area contributed by atoms with Gasteiger partial charge in [-0.2, -0.15) is 0 Å². The van der Waals surface area contributed by atoms with Crippen LogP contribution in [0.25, 0.3) is 0 Å². The molecular formula is C15H23FN4. The molecule has 4 nitrogen and oxygen atoms in total. The highest BCUT2D eigenvalue weighted by Crippen LogP contribution is 2.23. The van der Waals surface area contributed by atoms with Gasteiger partial charge in [-0.3, -0.25) is 4.90 Å². The zero-order valence-electron chi connectivity index (χ0n) is 12.1. The summed E-state index contributed by atoms with van der Waals surface area (Å²) in [5.41, 5.74) is 0. The summed E-state index contributed by atoms with van der Waals surface area (Å²) in [5.74, 6) is 0.315. The van der Waals surface area contributed by atoms with Crippen LogP contribution in [0.4, 0.5) is 10.2 Å². The number of halogens is 1. The zero-order valence-corrected chi connectivity index (χ0v) is 12.1. The van der Waals surface area contributed by atoms with Crippen LogP contribution in [0.2, 0.25) is 0 Å². The van der Waals surface area contributed by atoms with E-state index in [2.05, 4.69) is 26.7 Å². The van der Waals surface area contributed by atoms with Crippen molar-refractivity contribution in [2.45, 2.75) is 18.9 Å². The van der Waals surface area contributed by atoms with Crippen molar-refractivity contribution in [3.05, 3.63) is 24.1 Å². The third-order valence-electron chi connectivity index (χ3n) is 4.56. The number of piperazine rings is 1. The Morgan fingerprint density at radius 3 is 2.45 bits per heavy atom. The Morgan fingerprint density at radius 2 is 1.80 bits per heavy atom. The molecule has 2 aliphatic rings. The number of pyridine rings is 1. The van der Waals surface area contributed by atoms with Crippen molar-refractivity contribution in [3.63, 3.8) is 0 Å². The van der Waals surface area contributed by atoms with Gasteiger partial charge < -0.3 is 9.80 Å². The first kappa shape index (κ1) is 13.8. The van der Waals surface area contributed by atoms with Crippen LogP contribution >= 0.6 is 0 Å². The number of nitrogens with zero attached hydrogens (tertiary/aromatic N) is 4. The number of hydrogen-bond acceptors (Lipinski definition) is 4. The molecule has 0 unspecified atom stereocenters. The van der Waals surface area contributed by atoms with Crippen molar-refractivity contribution in [2.75, 3.05) is 51.2 Å². The molecule has 0 N–H and O–H groups in total. The van der Waals surface area contributed by atoms with Crippen molar-refractivity contribution in [1.29, 1.82) is 0 Å². The Kier molecular flexibility index (Phi) is 4.17. The first-order chi connectivity index (χ1) is 9.74. The fourth-order valence-electron chi connectivity index (χ4n) is 3.24. The largest absolute Gasteiger partial charge is 0.354 e. The van der Waals surface area contributed by atoms with E-state index in [-0.39, 0.29) is 5.82 Å². The maximum Gasteiger partial charge on any atom is 0.165 e. The molecule has 2 aliphatic heterocycles. The Balaban J connectivity index is 1.56. The summed E-state index contributed by atoms with van der Waals surface area (Å²) in [4.78, 5) is 11.3. The zero-order chi connectivity index (χ0) is 13.9. The summed E-state index contributed by atoms with van der Waals surface area (Å²) in [6, 6.07) is 3.80. The highest BCUT2D eigenvalue weighted by Gasteiger charge is 2.27. The molecule has 0 bridgehead atoms. The molecule has 0 atom stereocenters. The molecule has 0 radical (unpaired) electrons. The van der Waals surface area contributed by atoms with Gasteiger partial charge in [0, 0.05) is 51.5 Å². The van der Waals surface area contributed by atoms with Crippen LogP contribution < -0.4 is 4.90 Å². The second kappa shape index (κ2) is 6.06. The van der Waals surface area contributed by atoms with Crippen molar-refractivity contribution in [3.8, 4) is 0 Å². The summed E-state index contributed by atoms with van der Waals surface area (Å²) >= 11 is 0. The van der Waals surface area contributed by atoms with Crippen molar-refractivity contribution >= 4 is 5.82 Å².